The molecule has 2 N–H and O–H groups in total. The van der Waals surface area contributed by atoms with E-state index in [1.807, 2.05) is 23.5 Å². The van der Waals surface area contributed by atoms with Gasteiger partial charge in [-0.1, -0.05) is 66.5 Å². The smallest absolute Gasteiger partial charge is 0.400 e. The number of halogens is 2. The molecule has 0 aromatic carbocycles. The van der Waals surface area contributed by atoms with Gasteiger partial charge in [-0.2, -0.15) is 22.0 Å². The van der Waals surface area contributed by atoms with Gasteiger partial charge in [0.2, 0.25) is 0 Å². The molecule has 0 radical (unpaired) electrons. The molecular formula is C20H24Br2O2S2SiZr. The summed E-state index contributed by atoms with van der Waals surface area (Å²) in [7, 11) is 0.271. The molecule has 150 valence electrons. The zero-order chi connectivity index (χ0) is 20.5. The van der Waals surface area contributed by atoms with Crippen molar-refractivity contribution in [3.8, 4) is 0 Å². The van der Waals surface area contributed by atoms with Crippen LogP contribution < -0.4 is 0 Å². The molecule has 0 fully saturated rings. The van der Waals surface area contributed by atoms with E-state index in [0.717, 1.165) is 23.2 Å². The average Bonchev–Trinajstić information content (AvgIpc) is 3.36. The van der Waals surface area contributed by atoms with E-state index in [0.29, 0.717) is 10.5 Å². The molecule has 2 atom stereocenters. The third-order valence-electron chi connectivity index (χ3n) is 5.07. The van der Waals surface area contributed by atoms with Gasteiger partial charge in [-0.15, -0.1) is 21.1 Å². The van der Waals surface area contributed by atoms with E-state index >= 15 is 0 Å². The fraction of sp³-hybridized carbons (Fsp3) is 0.400. The number of thioether (sulfide) groups is 2. The summed E-state index contributed by atoms with van der Waals surface area (Å²) < 4.78 is 2.30. The molecule has 2 heterocycles. The molecule has 0 saturated carbocycles. The predicted molar refractivity (Wildman–Crippen MR) is 129 cm³/mol. The summed E-state index contributed by atoms with van der Waals surface area (Å²) in [5.74, 6) is 0. The summed E-state index contributed by atoms with van der Waals surface area (Å²) in [6.45, 7) is 9.63. The summed E-state index contributed by atoms with van der Waals surface area (Å²) >= 11 is 11.0. The van der Waals surface area contributed by atoms with E-state index < -0.39 is 8.07 Å². The fourth-order valence-electron chi connectivity index (χ4n) is 4.23. The summed E-state index contributed by atoms with van der Waals surface area (Å²) in [4.78, 5) is 0. The van der Waals surface area contributed by atoms with E-state index in [-0.39, 0.29) is 26.2 Å². The van der Waals surface area contributed by atoms with Crippen molar-refractivity contribution in [2.24, 2.45) is 0 Å². The number of aliphatic hydroxyl groups excluding tert-OH is 2. The van der Waals surface area contributed by atoms with Gasteiger partial charge in [0.25, 0.3) is 0 Å². The van der Waals surface area contributed by atoms with Gasteiger partial charge < -0.3 is 10.2 Å². The first-order valence-electron chi connectivity index (χ1n) is 8.46. The molecule has 0 saturated heterocycles. The van der Waals surface area contributed by atoms with Gasteiger partial charge in [0.1, 0.15) is 8.07 Å². The maximum atomic E-state index is 7.00. The van der Waals surface area contributed by atoms with Gasteiger partial charge in [-0.05, 0) is 24.3 Å². The molecule has 28 heavy (non-hydrogen) atoms. The van der Waals surface area contributed by atoms with E-state index in [1.165, 1.54) is 22.3 Å². The Morgan fingerprint density at radius 2 is 1.14 bits per heavy atom. The molecule has 4 aliphatic rings. The Morgan fingerprint density at radius 3 is 1.46 bits per heavy atom. The Kier molecular flexibility index (Phi) is 10.8. The summed E-state index contributed by atoms with van der Waals surface area (Å²) in [5, 5.41) is 25.1. The first kappa shape index (κ1) is 27.2. The maximum Gasteiger partial charge on any atom is 2.00 e. The molecule has 2 nitrogen and oxygen atoms in total. The minimum Gasteiger partial charge on any atom is -0.400 e. The summed E-state index contributed by atoms with van der Waals surface area (Å²) in [5.41, 5.74) is 5.77. The fourth-order valence-corrected chi connectivity index (χ4v) is 13.8. The van der Waals surface area contributed by atoms with Crippen LogP contribution in [0.4, 0.5) is 0 Å². The molecule has 0 amide bonds. The number of allylic oxidation sites excluding steroid dienone is 6. The number of hydrogen-bond acceptors (Lipinski definition) is 4. The second-order valence-electron chi connectivity index (χ2n) is 6.85. The Labute approximate surface area is 214 Å². The quantitative estimate of drug-likeness (QED) is 0.296. The van der Waals surface area contributed by atoms with Crippen LogP contribution in [0.2, 0.25) is 13.1 Å². The summed E-state index contributed by atoms with van der Waals surface area (Å²) in [6, 6.07) is 0. The topological polar surface area (TPSA) is 40.5 Å². The van der Waals surface area contributed by atoms with Crippen LogP contribution in [0.3, 0.4) is 0 Å². The second kappa shape index (κ2) is 11.1. The third kappa shape index (κ3) is 4.64. The second-order valence-corrected chi connectivity index (χ2v) is 14.6. The van der Waals surface area contributed by atoms with Crippen molar-refractivity contribution >= 4 is 63.5 Å². The van der Waals surface area contributed by atoms with Crippen molar-refractivity contribution in [3.63, 3.8) is 0 Å². The average molecular weight is 640 g/mol. The van der Waals surface area contributed by atoms with Crippen LogP contribution in [-0.4, -0.2) is 43.0 Å². The monoisotopic (exact) mass is 636 g/mol. The molecular weight excluding hydrogens is 615 g/mol. The number of aliphatic hydroxyl groups is 2. The minimum atomic E-state index is -1.73. The normalized spacial score (nSPS) is 24.8. The van der Waals surface area contributed by atoms with Crippen molar-refractivity contribution in [2.75, 3.05) is 14.2 Å². The van der Waals surface area contributed by atoms with Crippen molar-refractivity contribution in [1.29, 1.82) is 0 Å². The SMILES string of the molecule is CC1=C([Si](C)(C)C2=C(C)C=C3C(Br)=[C-]SC32)C2S[C-]=C(Br)C2=C1.CO.CO.[Zr+2]. The molecule has 0 spiro atoms. The van der Waals surface area contributed by atoms with Crippen LogP contribution in [-0.2, 0) is 26.2 Å². The number of rotatable bonds is 2. The molecule has 0 aromatic heterocycles. The molecule has 2 aliphatic carbocycles. The minimum absolute atomic E-state index is 0. The van der Waals surface area contributed by atoms with Crippen molar-refractivity contribution in [3.05, 3.63) is 64.6 Å². The molecule has 8 heteroatoms. The Bertz CT molecular complexity index is 760. The number of hydrogen-bond donors (Lipinski definition) is 2. The van der Waals surface area contributed by atoms with Crippen molar-refractivity contribution in [1.82, 2.24) is 0 Å². The molecule has 0 aromatic rings. The maximum absolute atomic E-state index is 7.00. The van der Waals surface area contributed by atoms with E-state index in [4.69, 9.17) is 10.2 Å². The van der Waals surface area contributed by atoms with E-state index in [2.05, 4.69) is 81.8 Å². The Morgan fingerprint density at radius 1 is 0.821 bits per heavy atom. The van der Waals surface area contributed by atoms with Gasteiger partial charge >= 0.3 is 26.2 Å². The Balaban J connectivity index is 0.000000739. The van der Waals surface area contributed by atoms with Gasteiger partial charge in [0, 0.05) is 14.2 Å². The zero-order valence-corrected chi connectivity index (χ0v) is 25.0. The largest absolute Gasteiger partial charge is 2.00 e. The number of fused-ring (bicyclic) bond motifs is 2. The van der Waals surface area contributed by atoms with Crippen molar-refractivity contribution < 1.29 is 36.4 Å². The summed E-state index contributed by atoms with van der Waals surface area (Å²) in [6.07, 6.45) is 4.74. The van der Waals surface area contributed by atoms with Crippen LogP contribution >= 0.6 is 55.4 Å². The van der Waals surface area contributed by atoms with E-state index in [9.17, 15) is 0 Å². The predicted octanol–water partition coefficient (Wildman–Crippen LogP) is 5.81. The van der Waals surface area contributed by atoms with Gasteiger partial charge in [0.15, 0.2) is 0 Å². The first-order valence-corrected chi connectivity index (χ1v) is 14.8. The van der Waals surface area contributed by atoms with Crippen molar-refractivity contribution in [2.45, 2.75) is 37.4 Å². The molecule has 2 unspecified atom stereocenters. The first-order chi connectivity index (χ1) is 12.8. The van der Waals surface area contributed by atoms with Gasteiger partial charge in [-0.25, -0.2) is 0 Å². The van der Waals surface area contributed by atoms with Crippen LogP contribution in [0.15, 0.2) is 53.8 Å². The van der Waals surface area contributed by atoms with Crippen LogP contribution in [0.25, 0.3) is 0 Å². The third-order valence-corrected chi connectivity index (χ3v) is 13.5. The molecule has 4 rings (SSSR count). The Hall–Kier alpha value is 1.12. The molecule has 2 aliphatic heterocycles. The zero-order valence-electron chi connectivity index (χ0n) is 16.8. The van der Waals surface area contributed by atoms with Crippen LogP contribution in [0.5, 0.6) is 0 Å². The van der Waals surface area contributed by atoms with Gasteiger partial charge in [-0.3, -0.25) is 23.5 Å². The standard InChI is InChI=1S/C18H16Br2S2Si.2CH4O.Zr/c1-9-5-11-13(19)7-21-15(11)17(9)23(3,4)18-10(2)6-12-14(20)8-22-16(12)18;2*1-2;/h5-6,15-16H,1-4H3;2*2H,1H3;/q-2;;;+2. The van der Waals surface area contributed by atoms with Crippen LogP contribution in [0, 0.1) is 10.8 Å². The van der Waals surface area contributed by atoms with Crippen LogP contribution in [0.1, 0.15) is 13.8 Å². The van der Waals surface area contributed by atoms with Gasteiger partial charge in [0.05, 0.1) is 0 Å². The van der Waals surface area contributed by atoms with E-state index in [1.54, 1.807) is 10.4 Å². The molecule has 0 bridgehead atoms.